The Hall–Kier alpha value is -2.93. The summed E-state index contributed by atoms with van der Waals surface area (Å²) in [5.74, 6) is 0.0814. The molecule has 1 aliphatic carbocycles. The minimum absolute atomic E-state index is 0. The lowest BCUT2D eigenvalue weighted by atomic mass is 10.2. The van der Waals surface area contributed by atoms with Gasteiger partial charge in [-0.2, -0.15) is 0 Å². The number of aromatic nitrogens is 2. The van der Waals surface area contributed by atoms with Gasteiger partial charge in [0.05, 0.1) is 37.4 Å². The normalized spacial score (nSPS) is 12.3. The number of sulfonamides is 1. The number of nitrogens with one attached hydrogen (secondary N) is 1. The lowest BCUT2D eigenvalue weighted by Crippen LogP contribution is -2.32. The van der Waals surface area contributed by atoms with Gasteiger partial charge in [-0.05, 0) is 96.2 Å². The van der Waals surface area contributed by atoms with Crippen molar-refractivity contribution in [1.29, 1.82) is 0 Å². The maximum atomic E-state index is 12.7. The molecule has 4 aromatic rings. The predicted molar refractivity (Wildman–Crippen MR) is 194 cm³/mol. The van der Waals surface area contributed by atoms with Crippen LogP contribution < -0.4 is 9.46 Å². The molecule has 0 bridgehead atoms. The van der Waals surface area contributed by atoms with E-state index in [0.29, 0.717) is 5.88 Å². The summed E-state index contributed by atoms with van der Waals surface area (Å²) in [6.45, 7) is 10.8. The molecule has 1 N–H and O–H groups in total. The Morgan fingerprint density at radius 1 is 0.826 bits per heavy atom. The Bertz CT molecular complexity index is 1670. The molecular weight excluding hydrogens is 646 g/mol. The summed E-state index contributed by atoms with van der Waals surface area (Å²) >= 11 is 1.64. The summed E-state index contributed by atoms with van der Waals surface area (Å²) in [6.07, 6.45) is 1.75. The van der Waals surface area contributed by atoms with Gasteiger partial charge < -0.3 is 4.74 Å². The summed E-state index contributed by atoms with van der Waals surface area (Å²) in [7, 11) is -6.28. The van der Waals surface area contributed by atoms with Gasteiger partial charge in [0.2, 0.25) is 15.9 Å². The van der Waals surface area contributed by atoms with E-state index in [1.807, 2.05) is 69.5 Å². The van der Waals surface area contributed by atoms with Crippen LogP contribution in [-0.2, 0) is 19.9 Å². The van der Waals surface area contributed by atoms with Crippen molar-refractivity contribution in [1.82, 2.24) is 14.7 Å². The average Bonchev–Trinajstić information content (AvgIpc) is 3.64. The zero-order valence-electron chi connectivity index (χ0n) is 24.6. The molecule has 2 heterocycles. The van der Waals surface area contributed by atoms with Gasteiger partial charge in [-0.1, -0.05) is 54.0 Å². The van der Waals surface area contributed by atoms with Crippen LogP contribution in [0.25, 0.3) is 21.6 Å². The number of rotatable bonds is 8. The molecule has 2 aromatic carbocycles. The van der Waals surface area contributed by atoms with Gasteiger partial charge >= 0.3 is 0 Å². The highest BCUT2D eigenvalue weighted by Crippen LogP contribution is 2.32. The number of hydrogen-bond donors (Lipinski definition) is 1. The van der Waals surface area contributed by atoms with Gasteiger partial charge in [0.1, 0.15) is 11.5 Å². The summed E-state index contributed by atoms with van der Waals surface area (Å²) in [6, 6.07) is 17.0. The number of thiophene rings is 1. The minimum Gasteiger partial charge on any atom is -0.473 e. The number of para-hydroxylation sites is 2. The first-order valence-electron chi connectivity index (χ1n) is 13.7. The molecule has 1 fully saturated rings. The fraction of sp³-hybridized carbons (Fsp3) is 0.471. The van der Waals surface area contributed by atoms with Crippen molar-refractivity contribution in [2.75, 3.05) is 0 Å². The zero-order valence-corrected chi connectivity index (χ0v) is 27.1. The summed E-state index contributed by atoms with van der Waals surface area (Å²) in [5.41, 5.74) is 2.57. The third kappa shape index (κ3) is 13.1. The zero-order chi connectivity index (χ0) is 31.1. The highest BCUT2D eigenvalue weighted by molar-refractivity contribution is 7.92. The number of fused-ring (bicyclic) bond motifs is 1. The van der Waals surface area contributed by atoms with Crippen molar-refractivity contribution in [2.24, 2.45) is 0 Å². The molecule has 2 aromatic heterocycles. The second-order valence-corrected chi connectivity index (χ2v) is 16.0. The molecule has 1 aliphatic rings. The van der Waals surface area contributed by atoms with E-state index in [4.69, 9.17) is 9.72 Å². The molecule has 0 radical (unpaired) electrons. The van der Waals surface area contributed by atoms with Crippen molar-refractivity contribution in [2.45, 2.75) is 112 Å². The average molecular weight is 700 g/mol. The van der Waals surface area contributed by atoms with Crippen LogP contribution in [0.3, 0.4) is 0 Å². The summed E-state index contributed by atoms with van der Waals surface area (Å²) in [5, 5.41) is 1.43. The van der Waals surface area contributed by atoms with Crippen LogP contribution in [-0.4, -0.2) is 49.4 Å². The number of nitrogens with zero attached hydrogens (tertiary/aromatic N) is 2. The largest absolute Gasteiger partial charge is 0.473 e. The van der Waals surface area contributed by atoms with E-state index in [2.05, 4.69) is 9.71 Å². The van der Waals surface area contributed by atoms with Gasteiger partial charge in [-0.15, -0.1) is 11.3 Å². The van der Waals surface area contributed by atoms with E-state index in [9.17, 15) is 21.2 Å². The first-order chi connectivity index (χ1) is 19.7. The lowest BCUT2D eigenvalue weighted by Gasteiger charge is -2.12. The second kappa shape index (κ2) is 19.7. The van der Waals surface area contributed by atoms with Crippen LogP contribution >= 0.6 is 11.3 Å². The SMILES string of the molecule is C.C.C.C.CC(C)NS(=O)(=O)C1CC1.CC(C)Oc1nc2ccccc2nc1-c1cccs1.CC(C)S(=O)(=O)c1cccc(F)c1. The van der Waals surface area contributed by atoms with Gasteiger partial charge in [0.25, 0.3) is 0 Å². The molecular formula is C34H54FN3O5S3. The maximum absolute atomic E-state index is 12.7. The van der Waals surface area contributed by atoms with E-state index >= 15 is 0 Å². The molecule has 0 amide bonds. The molecule has 1 saturated carbocycles. The smallest absolute Gasteiger partial charge is 0.242 e. The fourth-order valence-electron chi connectivity index (χ4n) is 3.58. The van der Waals surface area contributed by atoms with Crippen LogP contribution in [0.15, 0.2) is 70.9 Å². The topological polar surface area (TPSA) is 115 Å². The Morgan fingerprint density at radius 3 is 1.87 bits per heavy atom. The van der Waals surface area contributed by atoms with E-state index in [0.717, 1.165) is 40.5 Å². The third-order valence-electron chi connectivity index (χ3n) is 5.75. The van der Waals surface area contributed by atoms with Crippen molar-refractivity contribution in [3.63, 3.8) is 0 Å². The minimum atomic E-state index is -3.34. The van der Waals surface area contributed by atoms with E-state index in [-0.39, 0.29) is 52.0 Å². The predicted octanol–water partition coefficient (Wildman–Crippen LogP) is 9.17. The molecule has 8 nitrogen and oxygen atoms in total. The Balaban J connectivity index is 0. The molecule has 260 valence electrons. The van der Waals surface area contributed by atoms with Gasteiger partial charge in [0, 0.05) is 6.04 Å². The van der Waals surface area contributed by atoms with Crippen molar-refractivity contribution >= 4 is 42.2 Å². The lowest BCUT2D eigenvalue weighted by molar-refractivity contribution is 0.234. The van der Waals surface area contributed by atoms with E-state index < -0.39 is 30.9 Å². The number of sulfone groups is 1. The Labute approximate surface area is 281 Å². The van der Waals surface area contributed by atoms with E-state index in [1.165, 1.54) is 18.2 Å². The summed E-state index contributed by atoms with van der Waals surface area (Å²) < 4.78 is 66.3. The van der Waals surface area contributed by atoms with Gasteiger partial charge in [-0.25, -0.2) is 35.9 Å². The first kappa shape index (κ1) is 45.2. The maximum Gasteiger partial charge on any atom is 0.242 e. The Morgan fingerprint density at radius 2 is 1.41 bits per heavy atom. The monoisotopic (exact) mass is 699 g/mol. The fourth-order valence-corrected chi connectivity index (χ4v) is 6.98. The van der Waals surface area contributed by atoms with Crippen LogP contribution in [0, 0.1) is 5.82 Å². The number of benzene rings is 2. The van der Waals surface area contributed by atoms with Gasteiger partial charge in [0.15, 0.2) is 9.84 Å². The molecule has 0 aliphatic heterocycles. The molecule has 0 atom stereocenters. The molecule has 46 heavy (non-hydrogen) atoms. The van der Waals surface area contributed by atoms with Crippen LogP contribution in [0.5, 0.6) is 5.88 Å². The molecule has 12 heteroatoms. The molecule has 5 rings (SSSR count). The van der Waals surface area contributed by atoms with E-state index in [1.54, 1.807) is 25.2 Å². The standard InChI is InChI=1S/C15H14N2OS.C9H11FO2S.C6H13NO2S.4CH4/c1-10(2)18-15-14(13-8-5-9-19-13)16-11-6-3-4-7-12(11)17-15;1-7(2)13(11,12)9-5-3-4-8(10)6-9;1-5(2)7-10(8,9)6-3-4-6;;;;/h3-10H,1-2H3;3-7H,1-2H3;5-7H,3-4H2,1-2H3;4*1H4. The highest BCUT2D eigenvalue weighted by atomic mass is 32.2. The number of ether oxygens (including phenoxy) is 1. The quantitative estimate of drug-likeness (QED) is 0.195. The Kier molecular flexibility index (Phi) is 19.3. The number of halogens is 1. The number of hydrogen-bond acceptors (Lipinski definition) is 8. The second-order valence-electron chi connectivity index (χ2n) is 10.6. The van der Waals surface area contributed by atoms with Gasteiger partial charge in [-0.3, -0.25) is 0 Å². The van der Waals surface area contributed by atoms with Crippen molar-refractivity contribution in [3.8, 4) is 16.5 Å². The first-order valence-corrected chi connectivity index (χ1v) is 17.7. The van der Waals surface area contributed by atoms with Crippen LogP contribution in [0.2, 0.25) is 0 Å². The molecule has 0 saturated heterocycles. The summed E-state index contributed by atoms with van der Waals surface area (Å²) in [4.78, 5) is 10.4. The van der Waals surface area contributed by atoms with Crippen molar-refractivity contribution < 1.29 is 26.0 Å². The van der Waals surface area contributed by atoms with Crippen molar-refractivity contribution in [3.05, 3.63) is 71.9 Å². The highest BCUT2D eigenvalue weighted by Gasteiger charge is 2.35. The molecule has 0 unspecified atom stereocenters. The van der Waals surface area contributed by atoms with Crippen LogP contribution in [0.4, 0.5) is 4.39 Å². The molecule has 0 spiro atoms. The van der Waals surface area contributed by atoms with Crippen LogP contribution in [0.1, 0.15) is 84.1 Å². The third-order valence-corrected chi connectivity index (χ3v) is 10.9.